The Morgan fingerprint density at radius 3 is 3.00 bits per heavy atom. The molecule has 0 atom stereocenters. The standard InChI is InChI=1S/C21H18N4O4S2/c1-2-25-8-14(7-22-25)16-11-31-21(23-16)24-20(26)19-5-13(10-30-19)9-27-15-3-4-17-18(6-15)29-12-28-17/h3-8,10-11H,2,9,12H2,1H3,(H,23,24,26). The Bertz CT molecular complexity index is 1230. The topological polar surface area (TPSA) is 87.5 Å². The molecule has 5 rings (SSSR count). The van der Waals surface area contributed by atoms with Gasteiger partial charge in [-0.2, -0.15) is 5.10 Å². The number of carbonyl (C=O) groups is 1. The molecule has 0 spiro atoms. The van der Waals surface area contributed by atoms with E-state index in [4.69, 9.17) is 14.2 Å². The van der Waals surface area contributed by atoms with E-state index in [2.05, 4.69) is 15.4 Å². The number of aryl methyl sites for hydroxylation is 1. The number of aromatic nitrogens is 3. The third-order valence-corrected chi connectivity index (χ3v) is 6.34. The Morgan fingerprint density at radius 1 is 1.23 bits per heavy atom. The Morgan fingerprint density at radius 2 is 2.13 bits per heavy atom. The quantitative estimate of drug-likeness (QED) is 0.437. The summed E-state index contributed by atoms with van der Waals surface area (Å²) in [5.74, 6) is 1.88. The number of thiazole rings is 1. The number of nitrogens with zero attached hydrogens (tertiary/aromatic N) is 3. The lowest BCUT2D eigenvalue weighted by molar-refractivity contribution is 0.103. The van der Waals surface area contributed by atoms with Gasteiger partial charge in [-0.3, -0.25) is 14.8 Å². The molecule has 0 aliphatic carbocycles. The van der Waals surface area contributed by atoms with E-state index in [1.54, 1.807) is 12.3 Å². The van der Waals surface area contributed by atoms with Crippen LogP contribution in [0.15, 0.2) is 47.4 Å². The van der Waals surface area contributed by atoms with Gasteiger partial charge in [0.2, 0.25) is 6.79 Å². The molecule has 1 aromatic carbocycles. The second-order valence-electron chi connectivity index (χ2n) is 6.70. The van der Waals surface area contributed by atoms with Gasteiger partial charge in [-0.15, -0.1) is 22.7 Å². The maximum absolute atomic E-state index is 12.6. The highest BCUT2D eigenvalue weighted by atomic mass is 32.1. The largest absolute Gasteiger partial charge is 0.489 e. The number of hydrogen-bond acceptors (Lipinski definition) is 8. The first-order valence-electron chi connectivity index (χ1n) is 9.57. The van der Waals surface area contributed by atoms with Crippen LogP contribution in [0.4, 0.5) is 5.13 Å². The van der Waals surface area contributed by atoms with Crippen molar-refractivity contribution in [1.82, 2.24) is 14.8 Å². The van der Waals surface area contributed by atoms with Crippen molar-refractivity contribution in [3.8, 4) is 28.5 Å². The smallest absolute Gasteiger partial charge is 0.267 e. The molecule has 4 heterocycles. The fraction of sp³-hybridized carbons (Fsp3) is 0.190. The van der Waals surface area contributed by atoms with Gasteiger partial charge in [-0.05, 0) is 30.5 Å². The van der Waals surface area contributed by atoms with Crippen LogP contribution in [0, 0.1) is 0 Å². The van der Waals surface area contributed by atoms with Crippen molar-refractivity contribution in [1.29, 1.82) is 0 Å². The molecule has 0 radical (unpaired) electrons. The minimum atomic E-state index is -0.190. The summed E-state index contributed by atoms with van der Waals surface area (Å²) < 4.78 is 18.3. The van der Waals surface area contributed by atoms with Crippen LogP contribution in [-0.2, 0) is 13.2 Å². The van der Waals surface area contributed by atoms with Crippen LogP contribution in [-0.4, -0.2) is 27.5 Å². The van der Waals surface area contributed by atoms with E-state index >= 15 is 0 Å². The number of ether oxygens (including phenoxy) is 3. The lowest BCUT2D eigenvalue weighted by Crippen LogP contribution is -2.09. The van der Waals surface area contributed by atoms with E-state index in [1.807, 2.05) is 46.8 Å². The fourth-order valence-electron chi connectivity index (χ4n) is 2.99. The van der Waals surface area contributed by atoms with Gasteiger partial charge in [0.15, 0.2) is 16.6 Å². The summed E-state index contributed by atoms with van der Waals surface area (Å²) >= 11 is 2.75. The molecule has 0 saturated carbocycles. The second-order valence-corrected chi connectivity index (χ2v) is 8.47. The summed E-state index contributed by atoms with van der Waals surface area (Å²) in [6.07, 6.45) is 3.71. The zero-order valence-corrected chi connectivity index (χ0v) is 18.2. The highest BCUT2D eigenvalue weighted by Crippen LogP contribution is 2.35. The Labute approximate surface area is 186 Å². The highest BCUT2D eigenvalue weighted by Gasteiger charge is 2.15. The maximum Gasteiger partial charge on any atom is 0.267 e. The molecule has 10 heteroatoms. The Kier molecular flexibility index (Phi) is 5.31. The summed E-state index contributed by atoms with van der Waals surface area (Å²) in [6, 6.07) is 7.27. The molecule has 0 bridgehead atoms. The van der Waals surface area contributed by atoms with Crippen molar-refractivity contribution >= 4 is 33.7 Å². The van der Waals surface area contributed by atoms with Crippen molar-refractivity contribution in [3.05, 3.63) is 57.9 Å². The Hall–Kier alpha value is -3.37. The van der Waals surface area contributed by atoms with Crippen molar-refractivity contribution in [2.24, 2.45) is 0 Å². The number of nitrogens with one attached hydrogen (secondary N) is 1. The van der Waals surface area contributed by atoms with Crippen molar-refractivity contribution in [2.45, 2.75) is 20.1 Å². The zero-order chi connectivity index (χ0) is 21.2. The minimum absolute atomic E-state index is 0.190. The molecule has 0 saturated heterocycles. The molecule has 1 amide bonds. The van der Waals surface area contributed by atoms with Crippen LogP contribution < -0.4 is 19.5 Å². The first-order valence-corrected chi connectivity index (χ1v) is 11.3. The first-order chi connectivity index (χ1) is 15.2. The summed E-state index contributed by atoms with van der Waals surface area (Å²) in [5, 5.41) is 11.5. The minimum Gasteiger partial charge on any atom is -0.489 e. The number of fused-ring (bicyclic) bond motifs is 1. The van der Waals surface area contributed by atoms with Crippen molar-refractivity contribution in [2.75, 3.05) is 12.1 Å². The van der Waals surface area contributed by atoms with Crippen molar-refractivity contribution in [3.63, 3.8) is 0 Å². The number of carbonyl (C=O) groups excluding carboxylic acids is 1. The lowest BCUT2D eigenvalue weighted by Gasteiger charge is -2.05. The van der Waals surface area contributed by atoms with Gasteiger partial charge in [0, 0.05) is 35.3 Å². The molecular formula is C21H18N4O4S2. The summed E-state index contributed by atoms with van der Waals surface area (Å²) in [4.78, 5) is 17.7. The number of thiophene rings is 1. The number of hydrogen-bond donors (Lipinski definition) is 1. The SMILES string of the molecule is CCn1cc(-c2csc(NC(=O)c3cc(COc4ccc5c(c4)OCO5)cs3)n2)cn1. The molecule has 158 valence electrons. The van der Waals surface area contributed by atoms with Gasteiger partial charge in [-0.1, -0.05) is 0 Å². The Balaban J connectivity index is 1.19. The number of rotatable bonds is 7. The molecule has 0 fully saturated rings. The third-order valence-electron chi connectivity index (χ3n) is 4.60. The first kappa shape index (κ1) is 19.6. The lowest BCUT2D eigenvalue weighted by atomic mass is 10.3. The molecule has 1 aliphatic heterocycles. The number of amides is 1. The van der Waals surface area contributed by atoms with Gasteiger partial charge < -0.3 is 14.2 Å². The second kappa shape index (κ2) is 8.40. The van der Waals surface area contributed by atoms with Crippen LogP contribution in [0.1, 0.15) is 22.2 Å². The average Bonchev–Trinajstić information content (AvgIpc) is 3.58. The van der Waals surface area contributed by atoms with Gasteiger partial charge in [-0.25, -0.2) is 4.98 Å². The molecular weight excluding hydrogens is 436 g/mol. The predicted molar refractivity (Wildman–Crippen MR) is 118 cm³/mol. The van der Waals surface area contributed by atoms with E-state index in [0.29, 0.717) is 33.9 Å². The van der Waals surface area contributed by atoms with Crippen LogP contribution in [0.2, 0.25) is 0 Å². The molecule has 0 unspecified atom stereocenters. The van der Waals surface area contributed by atoms with E-state index in [1.165, 1.54) is 22.7 Å². The van der Waals surface area contributed by atoms with Gasteiger partial charge in [0.25, 0.3) is 5.91 Å². The van der Waals surface area contributed by atoms with E-state index in [-0.39, 0.29) is 12.7 Å². The van der Waals surface area contributed by atoms with Gasteiger partial charge in [0.05, 0.1) is 16.8 Å². The van der Waals surface area contributed by atoms with Gasteiger partial charge >= 0.3 is 0 Å². The molecule has 4 aromatic rings. The monoisotopic (exact) mass is 454 g/mol. The van der Waals surface area contributed by atoms with Crippen LogP contribution in [0.3, 0.4) is 0 Å². The van der Waals surface area contributed by atoms with Crippen molar-refractivity contribution < 1.29 is 19.0 Å². The van der Waals surface area contributed by atoms with Gasteiger partial charge in [0.1, 0.15) is 12.4 Å². The zero-order valence-electron chi connectivity index (χ0n) is 16.5. The number of benzene rings is 1. The summed E-state index contributed by atoms with van der Waals surface area (Å²) in [5.41, 5.74) is 2.64. The maximum atomic E-state index is 12.6. The van der Waals surface area contributed by atoms with Crippen LogP contribution in [0.5, 0.6) is 17.2 Å². The molecule has 1 aliphatic rings. The predicted octanol–water partition coefficient (Wildman–Crippen LogP) is 4.65. The third kappa shape index (κ3) is 4.25. The summed E-state index contributed by atoms with van der Waals surface area (Å²) in [7, 11) is 0. The fourth-order valence-corrected chi connectivity index (χ4v) is 4.50. The average molecular weight is 455 g/mol. The van der Waals surface area contributed by atoms with Crippen LogP contribution >= 0.6 is 22.7 Å². The molecule has 3 aromatic heterocycles. The van der Waals surface area contributed by atoms with E-state index in [0.717, 1.165) is 23.4 Å². The molecule has 31 heavy (non-hydrogen) atoms. The number of anilines is 1. The normalized spacial score (nSPS) is 12.2. The molecule has 8 nitrogen and oxygen atoms in total. The highest BCUT2D eigenvalue weighted by molar-refractivity contribution is 7.14. The summed E-state index contributed by atoms with van der Waals surface area (Å²) in [6.45, 7) is 3.41. The van der Waals surface area contributed by atoms with Crippen LogP contribution in [0.25, 0.3) is 11.3 Å². The van der Waals surface area contributed by atoms with E-state index < -0.39 is 0 Å². The molecule has 1 N–H and O–H groups in total. The van der Waals surface area contributed by atoms with E-state index in [9.17, 15) is 4.79 Å².